The van der Waals surface area contributed by atoms with Crippen molar-refractivity contribution in [1.82, 2.24) is 0 Å². The molecule has 2 aromatic carbocycles. The normalized spacial score (nSPS) is 14.7. The molecule has 0 aliphatic heterocycles. The van der Waals surface area contributed by atoms with E-state index in [1.807, 2.05) is 0 Å². The van der Waals surface area contributed by atoms with Crippen LogP contribution in [0.3, 0.4) is 0 Å². The van der Waals surface area contributed by atoms with E-state index in [1.165, 1.54) is 0 Å². The van der Waals surface area contributed by atoms with Crippen LogP contribution in [0.4, 0.5) is 30.7 Å². The zero-order valence-electron chi connectivity index (χ0n) is 18.2. The van der Waals surface area contributed by atoms with Gasteiger partial charge in [0, 0.05) is 0 Å². The Morgan fingerprint density at radius 1 is 0.889 bits per heavy atom. The molecule has 2 rings (SSSR count). The fraction of sp³-hybridized carbons (Fsp3) is 0.318. The molecule has 3 atom stereocenters. The first-order valence-electron chi connectivity index (χ1n) is 9.85. The number of aliphatic hydroxyl groups is 1. The Morgan fingerprint density at radius 3 is 1.75 bits per heavy atom. The Hall–Kier alpha value is -3.68. The standard InChI is InChI=1S/C22H18F7NO6/c1-34-30-10-16(23)18(36-20(33)13-4-8-15(9-5-13)22(27,28)29)17(31)11-35-19(32)12-2-6-14(7-3-12)21(24,25)26/h2-10,16-18,31H,11H2,1H3/t16-,17-,18+/m1/s1. The summed E-state index contributed by atoms with van der Waals surface area (Å²) in [5.41, 5.74) is -2.79. The van der Waals surface area contributed by atoms with E-state index < -0.39 is 66.0 Å². The highest BCUT2D eigenvalue weighted by Gasteiger charge is 2.34. The van der Waals surface area contributed by atoms with Crippen LogP contribution in [0.5, 0.6) is 0 Å². The lowest BCUT2D eigenvalue weighted by Crippen LogP contribution is -2.43. The van der Waals surface area contributed by atoms with Crippen molar-refractivity contribution in [2.45, 2.75) is 30.7 Å². The van der Waals surface area contributed by atoms with Gasteiger partial charge in [-0.25, -0.2) is 14.0 Å². The summed E-state index contributed by atoms with van der Waals surface area (Å²) < 4.78 is 100. The average Bonchev–Trinajstić information content (AvgIpc) is 2.83. The lowest BCUT2D eigenvalue weighted by atomic mass is 10.1. The third kappa shape index (κ3) is 7.93. The first-order chi connectivity index (χ1) is 16.7. The molecule has 0 spiro atoms. The van der Waals surface area contributed by atoms with E-state index in [0.29, 0.717) is 30.5 Å². The van der Waals surface area contributed by atoms with Crippen LogP contribution in [0.2, 0.25) is 0 Å². The van der Waals surface area contributed by atoms with Crippen LogP contribution in [0.15, 0.2) is 53.7 Å². The second-order valence-electron chi connectivity index (χ2n) is 7.07. The smallest absolute Gasteiger partial charge is 0.416 e. The number of aliphatic hydroxyl groups excluding tert-OH is 1. The fourth-order valence-electron chi connectivity index (χ4n) is 2.68. The topological polar surface area (TPSA) is 94.4 Å². The van der Waals surface area contributed by atoms with Crippen LogP contribution in [-0.4, -0.2) is 55.4 Å². The monoisotopic (exact) mass is 525 g/mol. The number of benzene rings is 2. The third-order valence-electron chi connectivity index (χ3n) is 4.53. The van der Waals surface area contributed by atoms with Gasteiger partial charge in [-0.2, -0.15) is 26.3 Å². The van der Waals surface area contributed by atoms with Gasteiger partial charge >= 0.3 is 24.3 Å². The maximum absolute atomic E-state index is 14.5. The van der Waals surface area contributed by atoms with Crippen LogP contribution in [0.25, 0.3) is 0 Å². The van der Waals surface area contributed by atoms with Gasteiger partial charge in [0.15, 0.2) is 12.3 Å². The van der Waals surface area contributed by atoms with Gasteiger partial charge in [0.2, 0.25) is 0 Å². The molecule has 7 nitrogen and oxygen atoms in total. The van der Waals surface area contributed by atoms with Gasteiger partial charge in [0.1, 0.15) is 19.8 Å². The molecule has 0 amide bonds. The number of nitrogens with zero attached hydrogens (tertiary/aromatic N) is 1. The molecule has 0 bridgehead atoms. The lowest BCUT2D eigenvalue weighted by molar-refractivity contribution is -0.138. The van der Waals surface area contributed by atoms with Crippen molar-refractivity contribution in [3.05, 3.63) is 70.8 Å². The van der Waals surface area contributed by atoms with Crippen LogP contribution in [0, 0.1) is 0 Å². The van der Waals surface area contributed by atoms with E-state index in [9.17, 15) is 45.4 Å². The Labute approximate surface area is 199 Å². The summed E-state index contributed by atoms with van der Waals surface area (Å²) in [6, 6.07) is 5.62. The Balaban J connectivity index is 2.11. The summed E-state index contributed by atoms with van der Waals surface area (Å²) in [6.45, 7) is -0.966. The Bertz CT molecular complexity index is 1050. The molecule has 0 heterocycles. The number of alkyl halides is 7. The van der Waals surface area contributed by atoms with Gasteiger partial charge in [-0.3, -0.25) is 0 Å². The van der Waals surface area contributed by atoms with Gasteiger partial charge in [-0.15, -0.1) is 0 Å². The van der Waals surface area contributed by atoms with Crippen molar-refractivity contribution in [2.75, 3.05) is 13.7 Å². The quantitative estimate of drug-likeness (QED) is 0.225. The van der Waals surface area contributed by atoms with Crippen molar-refractivity contribution in [2.24, 2.45) is 5.16 Å². The molecule has 0 aliphatic rings. The van der Waals surface area contributed by atoms with Crippen LogP contribution >= 0.6 is 0 Å². The second-order valence-corrected chi connectivity index (χ2v) is 7.07. The van der Waals surface area contributed by atoms with Gasteiger partial charge in [0.05, 0.1) is 28.5 Å². The zero-order valence-corrected chi connectivity index (χ0v) is 18.2. The maximum Gasteiger partial charge on any atom is 0.416 e. The number of hydrogen-bond acceptors (Lipinski definition) is 7. The summed E-state index contributed by atoms with van der Waals surface area (Å²) in [4.78, 5) is 28.7. The third-order valence-corrected chi connectivity index (χ3v) is 4.53. The van der Waals surface area contributed by atoms with Crippen molar-refractivity contribution < 1.29 is 59.7 Å². The lowest BCUT2D eigenvalue weighted by Gasteiger charge is -2.24. The number of rotatable bonds is 9. The van der Waals surface area contributed by atoms with Gasteiger partial charge in [-0.1, -0.05) is 5.16 Å². The number of oxime groups is 1. The summed E-state index contributed by atoms with van der Waals surface area (Å²) >= 11 is 0. The number of carbonyl (C=O) groups is 2. The highest BCUT2D eigenvalue weighted by atomic mass is 19.4. The van der Waals surface area contributed by atoms with Crippen molar-refractivity contribution >= 4 is 18.2 Å². The molecule has 0 fully saturated rings. The van der Waals surface area contributed by atoms with Crippen LogP contribution in [-0.2, 0) is 26.7 Å². The summed E-state index contributed by atoms with van der Waals surface area (Å²) in [7, 11) is 1.06. The van der Waals surface area contributed by atoms with Crippen molar-refractivity contribution in [1.29, 1.82) is 0 Å². The predicted molar refractivity (Wildman–Crippen MR) is 109 cm³/mol. The van der Waals surface area contributed by atoms with Gasteiger partial charge < -0.3 is 19.4 Å². The first-order valence-corrected chi connectivity index (χ1v) is 9.85. The molecule has 0 saturated carbocycles. The molecular formula is C22H18F7NO6. The van der Waals surface area contributed by atoms with Crippen molar-refractivity contribution in [3.63, 3.8) is 0 Å². The largest absolute Gasteiger partial charge is 0.459 e. The number of hydrogen-bond donors (Lipinski definition) is 1. The van der Waals surface area contributed by atoms with E-state index in [4.69, 9.17) is 9.47 Å². The van der Waals surface area contributed by atoms with E-state index in [1.54, 1.807) is 0 Å². The molecule has 1 N–H and O–H groups in total. The number of carbonyl (C=O) groups excluding carboxylic acids is 2. The van der Waals surface area contributed by atoms with Crippen LogP contribution in [0.1, 0.15) is 31.8 Å². The fourth-order valence-corrected chi connectivity index (χ4v) is 2.68. The highest BCUT2D eigenvalue weighted by Crippen LogP contribution is 2.30. The molecule has 0 unspecified atom stereocenters. The highest BCUT2D eigenvalue weighted by molar-refractivity contribution is 5.90. The molecule has 0 saturated heterocycles. The van der Waals surface area contributed by atoms with E-state index in [-0.39, 0.29) is 5.56 Å². The number of esters is 2. The molecular weight excluding hydrogens is 507 g/mol. The molecule has 2 aromatic rings. The van der Waals surface area contributed by atoms with E-state index >= 15 is 0 Å². The zero-order chi connectivity index (χ0) is 27.1. The van der Waals surface area contributed by atoms with Crippen LogP contribution < -0.4 is 0 Å². The SMILES string of the molecule is CON=C[C@@H](F)[C@H](OC(=O)c1ccc(C(F)(F)F)cc1)[C@H](O)COC(=O)c1ccc(C(F)(F)F)cc1. The number of halogens is 7. The van der Waals surface area contributed by atoms with Gasteiger partial charge in [0.25, 0.3) is 0 Å². The average molecular weight is 525 g/mol. The van der Waals surface area contributed by atoms with Crippen molar-refractivity contribution in [3.8, 4) is 0 Å². The van der Waals surface area contributed by atoms with Gasteiger partial charge in [-0.05, 0) is 48.5 Å². The minimum absolute atomic E-state index is 0.314. The molecule has 0 aromatic heterocycles. The summed E-state index contributed by atoms with van der Waals surface area (Å²) in [6.07, 6.45) is -15.2. The first kappa shape index (κ1) is 28.6. The minimum Gasteiger partial charge on any atom is -0.459 e. The van der Waals surface area contributed by atoms with E-state index in [0.717, 1.165) is 31.4 Å². The predicted octanol–water partition coefficient (Wildman–Crippen LogP) is 4.44. The summed E-state index contributed by atoms with van der Waals surface area (Å²) in [5, 5.41) is 13.4. The minimum atomic E-state index is -4.67. The molecule has 0 radical (unpaired) electrons. The summed E-state index contributed by atoms with van der Waals surface area (Å²) in [5.74, 6) is -2.48. The molecule has 196 valence electrons. The maximum atomic E-state index is 14.5. The molecule has 14 heteroatoms. The molecule has 36 heavy (non-hydrogen) atoms. The van der Waals surface area contributed by atoms with E-state index in [2.05, 4.69) is 9.99 Å². The number of ether oxygens (including phenoxy) is 2. The Morgan fingerprint density at radius 2 is 1.33 bits per heavy atom. The second kappa shape index (κ2) is 11.8. The Kier molecular flexibility index (Phi) is 9.39. The molecule has 0 aliphatic carbocycles.